The standard InChI is InChI=1S/C14H23N7/c1-11-8-14(20(3)17-11)21-10-13(16-18-21)9-15-12-4-6-19(2)7-5-12/h8,10,12,15H,4-7,9H2,1-3H3. The zero-order valence-corrected chi connectivity index (χ0v) is 13.0. The first-order chi connectivity index (χ1) is 10.1. The number of likely N-dealkylation sites (tertiary alicyclic amines) is 1. The average molecular weight is 289 g/mol. The van der Waals surface area contributed by atoms with Gasteiger partial charge in [-0.1, -0.05) is 5.21 Å². The van der Waals surface area contributed by atoms with Crippen molar-refractivity contribution in [2.24, 2.45) is 7.05 Å². The van der Waals surface area contributed by atoms with E-state index in [0.29, 0.717) is 6.04 Å². The van der Waals surface area contributed by atoms with Gasteiger partial charge in [-0.2, -0.15) is 5.10 Å². The van der Waals surface area contributed by atoms with Gasteiger partial charge in [0.1, 0.15) is 0 Å². The fourth-order valence-electron chi connectivity index (χ4n) is 2.76. The minimum Gasteiger partial charge on any atom is -0.308 e. The third-order valence-corrected chi connectivity index (χ3v) is 4.04. The first kappa shape index (κ1) is 14.2. The van der Waals surface area contributed by atoms with E-state index in [0.717, 1.165) is 23.8 Å². The van der Waals surface area contributed by atoms with E-state index in [1.54, 1.807) is 4.68 Å². The van der Waals surface area contributed by atoms with Gasteiger partial charge in [0, 0.05) is 25.7 Å². The van der Waals surface area contributed by atoms with Gasteiger partial charge in [-0.25, -0.2) is 4.68 Å². The second-order valence-corrected chi connectivity index (χ2v) is 5.88. The van der Waals surface area contributed by atoms with Crippen LogP contribution < -0.4 is 5.32 Å². The van der Waals surface area contributed by atoms with E-state index >= 15 is 0 Å². The topological polar surface area (TPSA) is 63.8 Å². The number of nitrogens with one attached hydrogen (secondary N) is 1. The van der Waals surface area contributed by atoms with Crippen LogP contribution in [-0.4, -0.2) is 55.9 Å². The fourth-order valence-corrected chi connectivity index (χ4v) is 2.76. The molecule has 1 N–H and O–H groups in total. The molecule has 0 saturated carbocycles. The van der Waals surface area contributed by atoms with Crippen molar-refractivity contribution in [1.29, 1.82) is 0 Å². The van der Waals surface area contributed by atoms with Crippen LogP contribution in [0.5, 0.6) is 0 Å². The molecular weight excluding hydrogens is 266 g/mol. The smallest absolute Gasteiger partial charge is 0.153 e. The Labute approximate surface area is 124 Å². The van der Waals surface area contributed by atoms with E-state index in [2.05, 4.69) is 32.7 Å². The van der Waals surface area contributed by atoms with Gasteiger partial charge < -0.3 is 10.2 Å². The molecule has 2 aromatic heterocycles. The lowest BCUT2D eigenvalue weighted by atomic mass is 10.1. The molecule has 3 heterocycles. The minimum absolute atomic E-state index is 0.588. The van der Waals surface area contributed by atoms with Crippen molar-refractivity contribution in [3.8, 4) is 5.82 Å². The predicted octanol–water partition coefficient (Wildman–Crippen LogP) is 0.493. The molecule has 3 rings (SSSR count). The Morgan fingerprint density at radius 2 is 2.05 bits per heavy atom. The summed E-state index contributed by atoms with van der Waals surface area (Å²) in [6.07, 6.45) is 4.37. The SMILES string of the molecule is Cc1cc(-n2cc(CNC3CCN(C)CC3)nn2)n(C)n1. The van der Waals surface area contributed by atoms with Gasteiger partial charge in [-0.3, -0.25) is 4.68 Å². The van der Waals surface area contributed by atoms with Crippen LogP contribution >= 0.6 is 0 Å². The third kappa shape index (κ3) is 3.30. The molecular formula is C14H23N7. The molecule has 1 aliphatic heterocycles. The Bertz CT molecular complexity index is 592. The molecule has 21 heavy (non-hydrogen) atoms. The monoisotopic (exact) mass is 289 g/mol. The molecule has 7 nitrogen and oxygen atoms in total. The van der Waals surface area contributed by atoms with E-state index in [1.165, 1.54) is 25.9 Å². The van der Waals surface area contributed by atoms with Crippen molar-refractivity contribution >= 4 is 0 Å². The fraction of sp³-hybridized carbons (Fsp3) is 0.643. The van der Waals surface area contributed by atoms with Crippen LogP contribution in [0.15, 0.2) is 12.3 Å². The van der Waals surface area contributed by atoms with E-state index in [9.17, 15) is 0 Å². The van der Waals surface area contributed by atoms with Crippen molar-refractivity contribution in [2.45, 2.75) is 32.4 Å². The Balaban J connectivity index is 1.59. The molecule has 1 saturated heterocycles. The highest BCUT2D eigenvalue weighted by Gasteiger charge is 2.16. The zero-order chi connectivity index (χ0) is 14.8. The Hall–Kier alpha value is -1.73. The quantitative estimate of drug-likeness (QED) is 0.887. The lowest BCUT2D eigenvalue weighted by molar-refractivity contribution is 0.233. The predicted molar refractivity (Wildman–Crippen MR) is 80.2 cm³/mol. The first-order valence-corrected chi connectivity index (χ1v) is 7.46. The van der Waals surface area contributed by atoms with Crippen LogP contribution in [0, 0.1) is 6.92 Å². The van der Waals surface area contributed by atoms with Crippen LogP contribution in [0.1, 0.15) is 24.2 Å². The second-order valence-electron chi connectivity index (χ2n) is 5.88. The Morgan fingerprint density at radius 1 is 1.29 bits per heavy atom. The number of piperidine rings is 1. The minimum atomic E-state index is 0.588. The van der Waals surface area contributed by atoms with Crippen LogP contribution in [-0.2, 0) is 13.6 Å². The van der Waals surface area contributed by atoms with Crippen molar-refractivity contribution in [3.05, 3.63) is 23.7 Å². The van der Waals surface area contributed by atoms with Crippen molar-refractivity contribution < 1.29 is 0 Å². The lowest BCUT2D eigenvalue weighted by Crippen LogP contribution is -2.40. The van der Waals surface area contributed by atoms with Gasteiger partial charge in [0.2, 0.25) is 0 Å². The molecule has 0 amide bonds. The summed E-state index contributed by atoms with van der Waals surface area (Å²) in [5.74, 6) is 0.936. The van der Waals surface area contributed by atoms with Gasteiger partial charge in [0.15, 0.2) is 5.82 Å². The largest absolute Gasteiger partial charge is 0.308 e. The second kappa shape index (κ2) is 5.95. The van der Waals surface area contributed by atoms with Crippen LogP contribution in [0.4, 0.5) is 0 Å². The van der Waals surface area contributed by atoms with Gasteiger partial charge in [-0.05, 0) is 39.9 Å². The molecule has 0 radical (unpaired) electrons. The molecule has 7 heteroatoms. The summed E-state index contributed by atoms with van der Waals surface area (Å²) in [5.41, 5.74) is 1.95. The number of aromatic nitrogens is 5. The van der Waals surface area contributed by atoms with E-state index in [1.807, 2.05) is 30.9 Å². The molecule has 0 aromatic carbocycles. The lowest BCUT2D eigenvalue weighted by Gasteiger charge is -2.29. The molecule has 0 bridgehead atoms. The molecule has 1 fully saturated rings. The number of hydrogen-bond donors (Lipinski definition) is 1. The van der Waals surface area contributed by atoms with Gasteiger partial charge in [-0.15, -0.1) is 5.10 Å². The highest BCUT2D eigenvalue weighted by Crippen LogP contribution is 2.10. The number of nitrogens with zero attached hydrogens (tertiary/aromatic N) is 6. The van der Waals surface area contributed by atoms with Crippen molar-refractivity contribution in [2.75, 3.05) is 20.1 Å². The molecule has 0 spiro atoms. The van der Waals surface area contributed by atoms with Gasteiger partial charge in [0.05, 0.1) is 17.6 Å². The first-order valence-electron chi connectivity index (χ1n) is 7.46. The highest BCUT2D eigenvalue weighted by molar-refractivity contribution is 5.24. The molecule has 0 aliphatic carbocycles. The summed E-state index contributed by atoms with van der Waals surface area (Å²) in [4.78, 5) is 2.37. The average Bonchev–Trinajstić information content (AvgIpc) is 3.04. The molecule has 1 aliphatic rings. The van der Waals surface area contributed by atoms with Crippen molar-refractivity contribution in [3.63, 3.8) is 0 Å². The van der Waals surface area contributed by atoms with Crippen LogP contribution in [0.25, 0.3) is 5.82 Å². The van der Waals surface area contributed by atoms with E-state index < -0.39 is 0 Å². The molecule has 0 unspecified atom stereocenters. The van der Waals surface area contributed by atoms with Crippen molar-refractivity contribution in [1.82, 2.24) is 35.0 Å². The maximum absolute atomic E-state index is 4.33. The number of hydrogen-bond acceptors (Lipinski definition) is 5. The van der Waals surface area contributed by atoms with Crippen LogP contribution in [0.3, 0.4) is 0 Å². The summed E-state index contributed by atoms with van der Waals surface area (Å²) in [7, 11) is 4.10. The van der Waals surface area contributed by atoms with Gasteiger partial charge in [0.25, 0.3) is 0 Å². The Kier molecular flexibility index (Phi) is 4.03. The maximum atomic E-state index is 4.33. The summed E-state index contributed by atoms with van der Waals surface area (Å²) in [6.45, 7) is 5.07. The van der Waals surface area contributed by atoms with Gasteiger partial charge >= 0.3 is 0 Å². The number of aryl methyl sites for hydroxylation is 2. The summed E-state index contributed by atoms with van der Waals surface area (Å²) in [5, 5.41) is 16.3. The summed E-state index contributed by atoms with van der Waals surface area (Å²) < 4.78 is 3.60. The molecule has 0 atom stereocenters. The van der Waals surface area contributed by atoms with E-state index in [-0.39, 0.29) is 0 Å². The van der Waals surface area contributed by atoms with E-state index in [4.69, 9.17) is 0 Å². The number of rotatable bonds is 4. The highest BCUT2D eigenvalue weighted by atomic mass is 15.5. The molecule has 114 valence electrons. The summed E-state index contributed by atoms with van der Waals surface area (Å²) >= 11 is 0. The summed E-state index contributed by atoms with van der Waals surface area (Å²) in [6, 6.07) is 2.59. The zero-order valence-electron chi connectivity index (χ0n) is 13.0. The maximum Gasteiger partial charge on any atom is 0.153 e. The normalized spacial score (nSPS) is 17.5. The molecule has 2 aromatic rings. The van der Waals surface area contributed by atoms with Crippen LogP contribution in [0.2, 0.25) is 0 Å². The third-order valence-electron chi connectivity index (χ3n) is 4.04. The Morgan fingerprint density at radius 3 is 2.71 bits per heavy atom.